The van der Waals surface area contributed by atoms with Gasteiger partial charge in [0.1, 0.15) is 0 Å². The Morgan fingerprint density at radius 1 is 0.500 bits per heavy atom. The predicted molar refractivity (Wildman–Crippen MR) is 92.2 cm³/mol. The van der Waals surface area contributed by atoms with Gasteiger partial charge in [0.2, 0.25) is 0 Å². The molecule has 94 valence electrons. The largest absolute Gasteiger partial charge is 0.144 e. The average Bonchev–Trinajstić information content (AvgIpc) is 2.52. The van der Waals surface area contributed by atoms with E-state index >= 15 is 0 Å². The maximum Gasteiger partial charge on any atom is 0.0354 e. The molecule has 0 N–H and O–H groups in total. The Morgan fingerprint density at radius 3 is 1.45 bits per heavy atom. The van der Waals surface area contributed by atoms with Crippen LogP contribution in [0.1, 0.15) is 0 Å². The molecule has 20 heavy (non-hydrogen) atoms. The SMILES string of the molecule is c1cc2sccc3c4cccc5sccc(c(c1)c23)c54. The van der Waals surface area contributed by atoms with E-state index in [9.17, 15) is 0 Å². The lowest BCUT2D eigenvalue weighted by Gasteiger charge is -2.12. The lowest BCUT2D eigenvalue weighted by Crippen LogP contribution is -1.84. The van der Waals surface area contributed by atoms with Crippen LogP contribution in [0.3, 0.4) is 0 Å². The molecule has 2 heterocycles. The van der Waals surface area contributed by atoms with Gasteiger partial charge in [-0.05, 0) is 56.6 Å². The molecule has 5 aromatic rings. The molecule has 0 bridgehead atoms. The van der Waals surface area contributed by atoms with Crippen LogP contribution in [0.4, 0.5) is 0 Å². The van der Waals surface area contributed by atoms with Crippen molar-refractivity contribution < 1.29 is 0 Å². The Kier molecular flexibility index (Phi) is 2.07. The molecule has 3 aromatic carbocycles. The molecule has 0 spiro atoms. The number of benzene rings is 3. The van der Waals surface area contributed by atoms with Crippen molar-refractivity contribution in [1.82, 2.24) is 0 Å². The highest BCUT2D eigenvalue weighted by molar-refractivity contribution is 7.17. The van der Waals surface area contributed by atoms with Crippen LogP contribution >= 0.6 is 22.7 Å². The standard InChI is InChI=1S/C18H10S2/c1-3-11-13-7-10-20-16-6-2-4-12(18(13)16)14-8-9-19-15(5-1)17(11)14/h1-10H. The molecular formula is C18H10S2. The number of hydrogen-bond acceptors (Lipinski definition) is 2. The zero-order valence-electron chi connectivity index (χ0n) is 10.6. The lowest BCUT2D eigenvalue weighted by molar-refractivity contribution is 1.87. The van der Waals surface area contributed by atoms with Gasteiger partial charge in [0.25, 0.3) is 0 Å². The van der Waals surface area contributed by atoms with E-state index in [-0.39, 0.29) is 0 Å². The molecule has 0 atom stereocenters. The fraction of sp³-hybridized carbons (Fsp3) is 0. The first-order chi connectivity index (χ1) is 9.93. The summed E-state index contributed by atoms with van der Waals surface area (Å²) in [6.45, 7) is 0. The van der Waals surface area contributed by atoms with Gasteiger partial charge in [0.15, 0.2) is 0 Å². The molecule has 0 aliphatic rings. The van der Waals surface area contributed by atoms with Crippen LogP contribution in [0.15, 0.2) is 59.3 Å². The van der Waals surface area contributed by atoms with Crippen LogP contribution in [0.2, 0.25) is 0 Å². The summed E-state index contributed by atoms with van der Waals surface area (Å²) in [5.74, 6) is 0. The van der Waals surface area contributed by atoms with Crippen molar-refractivity contribution in [2.75, 3.05) is 0 Å². The van der Waals surface area contributed by atoms with Crippen molar-refractivity contribution in [3.8, 4) is 0 Å². The summed E-state index contributed by atoms with van der Waals surface area (Å²) in [4.78, 5) is 0. The summed E-state index contributed by atoms with van der Waals surface area (Å²) in [7, 11) is 0. The van der Waals surface area contributed by atoms with Crippen LogP contribution in [-0.2, 0) is 0 Å². The third kappa shape index (κ3) is 1.25. The first-order valence-electron chi connectivity index (χ1n) is 6.61. The predicted octanol–water partition coefficient (Wildman–Crippen LogP) is 6.42. The molecule has 0 radical (unpaired) electrons. The van der Waals surface area contributed by atoms with E-state index in [4.69, 9.17) is 0 Å². The van der Waals surface area contributed by atoms with E-state index < -0.39 is 0 Å². The molecule has 2 heteroatoms. The highest BCUT2D eigenvalue weighted by Gasteiger charge is 2.12. The molecule has 0 unspecified atom stereocenters. The van der Waals surface area contributed by atoms with Gasteiger partial charge >= 0.3 is 0 Å². The van der Waals surface area contributed by atoms with Crippen molar-refractivity contribution in [3.05, 3.63) is 59.3 Å². The van der Waals surface area contributed by atoms with Gasteiger partial charge < -0.3 is 0 Å². The second-order valence-corrected chi connectivity index (χ2v) is 6.92. The second kappa shape index (κ2) is 3.81. The minimum Gasteiger partial charge on any atom is -0.144 e. The minimum absolute atomic E-state index is 1.37. The Hall–Kier alpha value is -1.90. The average molecular weight is 290 g/mol. The molecule has 0 aliphatic heterocycles. The van der Waals surface area contributed by atoms with Crippen LogP contribution in [0.25, 0.3) is 41.7 Å². The van der Waals surface area contributed by atoms with Crippen molar-refractivity contribution in [1.29, 1.82) is 0 Å². The van der Waals surface area contributed by atoms with Crippen molar-refractivity contribution >= 4 is 64.4 Å². The van der Waals surface area contributed by atoms with Crippen LogP contribution in [0.5, 0.6) is 0 Å². The van der Waals surface area contributed by atoms with E-state index in [1.165, 1.54) is 41.7 Å². The van der Waals surface area contributed by atoms with Gasteiger partial charge in [-0.3, -0.25) is 0 Å². The van der Waals surface area contributed by atoms with Crippen molar-refractivity contribution in [2.24, 2.45) is 0 Å². The summed E-state index contributed by atoms with van der Waals surface area (Å²) in [5.41, 5.74) is 0. The van der Waals surface area contributed by atoms with Crippen molar-refractivity contribution in [2.45, 2.75) is 0 Å². The molecule has 0 nitrogen and oxygen atoms in total. The summed E-state index contributed by atoms with van der Waals surface area (Å²) < 4.78 is 2.74. The number of hydrogen-bond donors (Lipinski definition) is 0. The monoisotopic (exact) mass is 290 g/mol. The van der Waals surface area contributed by atoms with E-state index in [1.807, 2.05) is 22.7 Å². The summed E-state index contributed by atoms with van der Waals surface area (Å²) >= 11 is 3.64. The summed E-state index contributed by atoms with van der Waals surface area (Å²) in [6, 6.07) is 17.9. The van der Waals surface area contributed by atoms with Gasteiger partial charge in [-0.15, -0.1) is 22.7 Å². The van der Waals surface area contributed by atoms with E-state index in [0.717, 1.165) is 0 Å². The van der Waals surface area contributed by atoms with E-state index in [2.05, 4.69) is 59.3 Å². The van der Waals surface area contributed by atoms with E-state index in [0.29, 0.717) is 0 Å². The van der Waals surface area contributed by atoms with Gasteiger partial charge in [-0.1, -0.05) is 24.3 Å². The molecule has 0 amide bonds. The smallest absolute Gasteiger partial charge is 0.0354 e. The molecule has 5 rings (SSSR count). The number of fused-ring (bicyclic) bond motifs is 2. The number of rotatable bonds is 0. The molecule has 0 aliphatic carbocycles. The summed E-state index contributed by atoms with van der Waals surface area (Å²) in [6.07, 6.45) is 0. The topological polar surface area (TPSA) is 0 Å². The molecule has 0 fully saturated rings. The Labute approximate surface area is 123 Å². The maximum absolute atomic E-state index is 2.27. The fourth-order valence-electron chi connectivity index (χ4n) is 3.23. The van der Waals surface area contributed by atoms with Gasteiger partial charge in [-0.25, -0.2) is 0 Å². The zero-order chi connectivity index (χ0) is 13.1. The van der Waals surface area contributed by atoms with Gasteiger partial charge in [0.05, 0.1) is 0 Å². The maximum atomic E-state index is 2.27. The summed E-state index contributed by atoms with van der Waals surface area (Å²) in [5, 5.41) is 12.8. The highest BCUT2D eigenvalue weighted by Crippen LogP contribution is 2.41. The third-order valence-electron chi connectivity index (χ3n) is 4.03. The van der Waals surface area contributed by atoms with Crippen LogP contribution < -0.4 is 0 Å². The molecule has 0 saturated heterocycles. The Bertz CT molecular complexity index is 926. The first-order valence-corrected chi connectivity index (χ1v) is 8.37. The quantitative estimate of drug-likeness (QED) is 0.228. The minimum atomic E-state index is 1.37. The molecular weight excluding hydrogens is 280 g/mol. The zero-order valence-corrected chi connectivity index (χ0v) is 12.2. The Balaban J connectivity index is 2.32. The lowest BCUT2D eigenvalue weighted by atomic mass is 9.95. The van der Waals surface area contributed by atoms with E-state index in [1.54, 1.807) is 0 Å². The van der Waals surface area contributed by atoms with Crippen molar-refractivity contribution in [3.63, 3.8) is 0 Å². The van der Waals surface area contributed by atoms with Gasteiger partial charge in [0, 0.05) is 20.2 Å². The highest BCUT2D eigenvalue weighted by atomic mass is 32.1. The van der Waals surface area contributed by atoms with Crippen LogP contribution in [-0.4, -0.2) is 0 Å². The van der Waals surface area contributed by atoms with Gasteiger partial charge in [-0.2, -0.15) is 0 Å². The molecule has 0 saturated carbocycles. The second-order valence-electron chi connectivity index (χ2n) is 5.03. The van der Waals surface area contributed by atoms with Crippen LogP contribution in [0, 0.1) is 0 Å². The normalized spacial score (nSPS) is 12.0. The Morgan fingerprint density at radius 2 is 0.950 bits per heavy atom. The fourth-order valence-corrected chi connectivity index (χ4v) is 4.92. The molecule has 2 aromatic heterocycles. The first kappa shape index (κ1) is 10.8. The third-order valence-corrected chi connectivity index (χ3v) is 5.76.